The summed E-state index contributed by atoms with van der Waals surface area (Å²) < 4.78 is 25.4. The summed E-state index contributed by atoms with van der Waals surface area (Å²) in [6, 6.07) is 12.2. The van der Waals surface area contributed by atoms with Crippen molar-refractivity contribution in [2.75, 3.05) is 30.9 Å². The summed E-state index contributed by atoms with van der Waals surface area (Å²) in [5.41, 5.74) is 8.28. The number of nitrogens with two attached hydrogens (primary N) is 1. The van der Waals surface area contributed by atoms with Gasteiger partial charge in [-0.1, -0.05) is 6.07 Å². The molecule has 0 spiro atoms. The van der Waals surface area contributed by atoms with Crippen molar-refractivity contribution in [3.63, 3.8) is 0 Å². The van der Waals surface area contributed by atoms with Crippen LogP contribution in [0.5, 0.6) is 11.5 Å². The van der Waals surface area contributed by atoms with Crippen molar-refractivity contribution in [3.8, 4) is 11.5 Å². The van der Waals surface area contributed by atoms with Crippen LogP contribution in [0.15, 0.2) is 48.7 Å². The number of rotatable bonds is 7. The molecular formula is C22H23FN6O3. The van der Waals surface area contributed by atoms with Crippen LogP contribution in [-0.2, 0) is 4.79 Å². The molecule has 166 valence electrons. The van der Waals surface area contributed by atoms with Crippen molar-refractivity contribution < 1.29 is 18.7 Å². The van der Waals surface area contributed by atoms with E-state index >= 15 is 0 Å². The highest BCUT2D eigenvalue weighted by Gasteiger charge is 2.19. The summed E-state index contributed by atoms with van der Waals surface area (Å²) >= 11 is 0. The van der Waals surface area contributed by atoms with E-state index < -0.39 is 5.82 Å². The zero-order valence-corrected chi connectivity index (χ0v) is 17.4. The number of amides is 1. The Balaban J connectivity index is 1.49. The Bertz CT molecular complexity index is 1130. The van der Waals surface area contributed by atoms with Gasteiger partial charge in [-0.3, -0.25) is 4.79 Å². The average molecular weight is 438 g/mol. The number of benzene rings is 2. The lowest BCUT2D eigenvalue weighted by Gasteiger charge is -2.23. The van der Waals surface area contributed by atoms with E-state index in [2.05, 4.69) is 25.9 Å². The minimum Gasteiger partial charge on any atom is -0.493 e. The van der Waals surface area contributed by atoms with Gasteiger partial charge in [0.25, 0.3) is 5.91 Å². The second-order valence-corrected chi connectivity index (χ2v) is 7.13. The lowest BCUT2D eigenvalue weighted by Crippen LogP contribution is -2.24. The van der Waals surface area contributed by atoms with Gasteiger partial charge in [0, 0.05) is 42.5 Å². The van der Waals surface area contributed by atoms with Crippen LogP contribution in [0.3, 0.4) is 0 Å². The third-order valence-electron chi connectivity index (χ3n) is 4.84. The SMILES string of the molecule is CNC(=O)COc1cccc(Nc2ncc(F)c(Nc3ccc4c(c3)C(N)CCO4)n2)c1. The molecule has 0 saturated heterocycles. The summed E-state index contributed by atoms with van der Waals surface area (Å²) in [5, 5.41) is 8.46. The predicted molar refractivity (Wildman–Crippen MR) is 118 cm³/mol. The first-order valence-corrected chi connectivity index (χ1v) is 10.0. The second-order valence-electron chi connectivity index (χ2n) is 7.13. The minimum atomic E-state index is -0.600. The molecule has 32 heavy (non-hydrogen) atoms. The highest BCUT2D eigenvalue weighted by Crippen LogP contribution is 2.33. The monoisotopic (exact) mass is 438 g/mol. The maximum Gasteiger partial charge on any atom is 0.257 e. The van der Waals surface area contributed by atoms with E-state index in [-0.39, 0.29) is 30.3 Å². The standard InChI is InChI=1S/C22H23FN6O3/c1-25-20(30)12-32-15-4-2-3-13(9-15)28-22-26-11-17(23)21(29-22)27-14-5-6-19-16(10-14)18(24)7-8-31-19/h2-6,9-11,18H,7-8,12,24H2,1H3,(H,25,30)(H2,26,27,28,29). The minimum absolute atomic E-state index is 0.0137. The van der Waals surface area contributed by atoms with Gasteiger partial charge in [0.15, 0.2) is 18.2 Å². The predicted octanol–water partition coefficient (Wildman–Crippen LogP) is 3.01. The number of hydrogen-bond acceptors (Lipinski definition) is 8. The van der Waals surface area contributed by atoms with Crippen LogP contribution in [0.4, 0.5) is 27.5 Å². The van der Waals surface area contributed by atoms with Gasteiger partial charge in [0.2, 0.25) is 5.95 Å². The molecule has 1 atom stereocenters. The number of likely N-dealkylation sites (N-methyl/N-ethyl adjacent to an activating group) is 1. The number of fused-ring (bicyclic) bond motifs is 1. The Morgan fingerprint density at radius 2 is 2.09 bits per heavy atom. The fourth-order valence-electron chi connectivity index (χ4n) is 3.16. The quantitative estimate of drug-likeness (QED) is 0.444. The van der Waals surface area contributed by atoms with E-state index in [9.17, 15) is 9.18 Å². The second kappa shape index (κ2) is 9.48. The van der Waals surface area contributed by atoms with E-state index in [1.165, 1.54) is 7.05 Å². The summed E-state index contributed by atoms with van der Waals surface area (Å²) in [7, 11) is 1.54. The molecule has 2 aromatic carbocycles. The van der Waals surface area contributed by atoms with Crippen molar-refractivity contribution in [1.29, 1.82) is 0 Å². The number of carbonyl (C=O) groups is 1. The normalized spacial score (nSPS) is 14.7. The fourth-order valence-corrected chi connectivity index (χ4v) is 3.16. The third kappa shape index (κ3) is 5.03. The number of halogens is 1. The molecule has 1 aliphatic heterocycles. The van der Waals surface area contributed by atoms with Crippen molar-refractivity contribution >= 4 is 29.0 Å². The molecule has 4 rings (SSSR count). The Kier molecular flexibility index (Phi) is 6.31. The van der Waals surface area contributed by atoms with Crippen LogP contribution in [0.25, 0.3) is 0 Å². The molecular weight excluding hydrogens is 415 g/mol. The van der Waals surface area contributed by atoms with Crippen LogP contribution < -0.4 is 31.2 Å². The summed E-state index contributed by atoms with van der Waals surface area (Å²) in [6.07, 6.45) is 1.80. The number of hydrogen-bond donors (Lipinski definition) is 4. The molecule has 0 saturated carbocycles. The molecule has 1 unspecified atom stereocenters. The lowest BCUT2D eigenvalue weighted by atomic mass is 10.0. The lowest BCUT2D eigenvalue weighted by molar-refractivity contribution is -0.122. The molecule has 5 N–H and O–H groups in total. The summed E-state index contributed by atoms with van der Waals surface area (Å²) in [5.74, 6) is 0.590. The van der Waals surface area contributed by atoms with E-state index in [0.29, 0.717) is 23.7 Å². The van der Waals surface area contributed by atoms with Crippen LogP contribution >= 0.6 is 0 Å². The number of carbonyl (C=O) groups excluding carboxylic acids is 1. The topological polar surface area (TPSA) is 123 Å². The Morgan fingerprint density at radius 1 is 1.25 bits per heavy atom. The number of nitrogens with zero attached hydrogens (tertiary/aromatic N) is 2. The molecule has 0 aliphatic carbocycles. The first-order chi connectivity index (χ1) is 15.5. The molecule has 0 radical (unpaired) electrons. The summed E-state index contributed by atoms with van der Waals surface area (Å²) in [4.78, 5) is 19.6. The van der Waals surface area contributed by atoms with Gasteiger partial charge in [-0.25, -0.2) is 9.37 Å². The molecule has 10 heteroatoms. The van der Waals surface area contributed by atoms with E-state index in [4.69, 9.17) is 15.2 Å². The molecule has 3 aromatic rings. The van der Waals surface area contributed by atoms with Gasteiger partial charge in [0.05, 0.1) is 12.8 Å². The molecule has 0 fully saturated rings. The van der Waals surface area contributed by atoms with Gasteiger partial charge in [0.1, 0.15) is 11.5 Å². The van der Waals surface area contributed by atoms with Crippen molar-refractivity contribution in [2.24, 2.45) is 5.73 Å². The smallest absolute Gasteiger partial charge is 0.257 e. The van der Waals surface area contributed by atoms with E-state index in [0.717, 1.165) is 23.9 Å². The first kappa shape index (κ1) is 21.3. The van der Waals surface area contributed by atoms with Crippen LogP contribution in [0.2, 0.25) is 0 Å². The van der Waals surface area contributed by atoms with Crippen LogP contribution in [0, 0.1) is 5.82 Å². The largest absolute Gasteiger partial charge is 0.493 e. The Hall–Kier alpha value is -3.92. The number of ether oxygens (including phenoxy) is 2. The van der Waals surface area contributed by atoms with E-state index in [1.807, 2.05) is 6.07 Å². The maximum absolute atomic E-state index is 14.4. The Morgan fingerprint density at radius 3 is 2.94 bits per heavy atom. The van der Waals surface area contributed by atoms with Gasteiger partial charge < -0.3 is 31.2 Å². The van der Waals surface area contributed by atoms with Gasteiger partial charge >= 0.3 is 0 Å². The van der Waals surface area contributed by atoms with Crippen LogP contribution in [0.1, 0.15) is 18.0 Å². The molecule has 2 heterocycles. The highest BCUT2D eigenvalue weighted by atomic mass is 19.1. The average Bonchev–Trinajstić information content (AvgIpc) is 2.80. The zero-order chi connectivity index (χ0) is 22.5. The fraction of sp³-hybridized carbons (Fsp3) is 0.227. The van der Waals surface area contributed by atoms with E-state index in [1.54, 1.807) is 36.4 Å². The Labute approximate surface area is 184 Å². The van der Waals surface area contributed by atoms with Gasteiger partial charge in [-0.2, -0.15) is 4.98 Å². The van der Waals surface area contributed by atoms with Crippen molar-refractivity contribution in [2.45, 2.75) is 12.5 Å². The summed E-state index contributed by atoms with van der Waals surface area (Å²) in [6.45, 7) is 0.477. The number of anilines is 4. The number of aromatic nitrogens is 2. The van der Waals surface area contributed by atoms with Crippen molar-refractivity contribution in [3.05, 3.63) is 60.0 Å². The molecule has 9 nitrogen and oxygen atoms in total. The number of nitrogens with one attached hydrogen (secondary N) is 3. The molecule has 1 aliphatic rings. The zero-order valence-electron chi connectivity index (χ0n) is 17.4. The molecule has 0 bridgehead atoms. The highest BCUT2D eigenvalue weighted by molar-refractivity contribution is 5.77. The van der Waals surface area contributed by atoms with Gasteiger partial charge in [-0.15, -0.1) is 0 Å². The first-order valence-electron chi connectivity index (χ1n) is 10.0. The maximum atomic E-state index is 14.4. The molecule has 1 amide bonds. The molecule has 1 aromatic heterocycles. The van der Waals surface area contributed by atoms with Crippen LogP contribution in [-0.4, -0.2) is 36.1 Å². The third-order valence-corrected chi connectivity index (χ3v) is 4.84. The van der Waals surface area contributed by atoms with Crippen molar-refractivity contribution in [1.82, 2.24) is 15.3 Å². The van der Waals surface area contributed by atoms with Gasteiger partial charge in [-0.05, 0) is 30.3 Å².